The highest BCUT2D eigenvalue weighted by Crippen LogP contribution is 2.21. The number of nitrogens with one attached hydrogen (secondary N) is 1. The van der Waals surface area contributed by atoms with Crippen molar-refractivity contribution in [3.63, 3.8) is 0 Å². The number of nitrogens with zero attached hydrogens (tertiary/aromatic N) is 2. The van der Waals surface area contributed by atoms with Crippen molar-refractivity contribution in [3.05, 3.63) is 39.0 Å². The highest BCUT2D eigenvalue weighted by Gasteiger charge is 2.25. The summed E-state index contributed by atoms with van der Waals surface area (Å²) >= 11 is 0. The van der Waals surface area contributed by atoms with Crippen LogP contribution in [0.15, 0.2) is 27.8 Å². The second-order valence-corrected chi connectivity index (χ2v) is 4.68. The molecular formula is C13H15N3O3. The second-order valence-electron chi connectivity index (χ2n) is 4.68. The van der Waals surface area contributed by atoms with E-state index in [9.17, 15) is 9.59 Å². The van der Waals surface area contributed by atoms with Crippen molar-refractivity contribution >= 4 is 10.9 Å². The number of methoxy groups -OCH3 is 1. The Hall–Kier alpha value is -2.08. The van der Waals surface area contributed by atoms with Crippen LogP contribution in [0.1, 0.15) is 6.04 Å². The van der Waals surface area contributed by atoms with Gasteiger partial charge in [0, 0.05) is 20.1 Å². The minimum atomic E-state index is -0.280. The number of hydrogen-bond donors (Lipinski definition) is 1. The first-order valence-electron chi connectivity index (χ1n) is 6.14. The number of ether oxygens (including phenoxy) is 1. The molecule has 0 aliphatic carbocycles. The molecule has 1 saturated heterocycles. The average Bonchev–Trinajstić information content (AvgIpc) is 2.37. The fraction of sp³-hybridized carbons (Fsp3) is 0.385. The molecular weight excluding hydrogens is 246 g/mol. The van der Waals surface area contributed by atoms with Crippen molar-refractivity contribution in [2.45, 2.75) is 6.04 Å². The first-order chi connectivity index (χ1) is 9.15. The molecule has 0 amide bonds. The number of aromatic nitrogens is 2. The van der Waals surface area contributed by atoms with E-state index in [1.807, 2.05) is 0 Å². The van der Waals surface area contributed by atoms with Crippen LogP contribution in [-0.2, 0) is 7.05 Å². The molecule has 6 nitrogen and oxygen atoms in total. The van der Waals surface area contributed by atoms with Crippen LogP contribution < -0.4 is 21.3 Å². The number of benzene rings is 1. The summed E-state index contributed by atoms with van der Waals surface area (Å²) < 4.78 is 8.06. The van der Waals surface area contributed by atoms with Gasteiger partial charge in [0.1, 0.15) is 11.1 Å². The fourth-order valence-electron chi connectivity index (χ4n) is 2.43. The van der Waals surface area contributed by atoms with Crippen LogP contribution in [0.3, 0.4) is 0 Å². The Bertz CT molecular complexity index is 756. The standard InChI is InChI=1S/C13H15N3O3/c1-15-9-4-3-5-10(19-2)11(9)12(17)16(13(15)18)8-6-14-7-8/h3-5,8,14H,6-7H2,1-2H3. The number of fused-ring (bicyclic) bond motifs is 1. The van der Waals surface area contributed by atoms with E-state index in [0.29, 0.717) is 29.7 Å². The molecule has 19 heavy (non-hydrogen) atoms. The van der Waals surface area contributed by atoms with E-state index in [1.165, 1.54) is 16.2 Å². The Morgan fingerprint density at radius 2 is 2.05 bits per heavy atom. The molecule has 0 bridgehead atoms. The third kappa shape index (κ3) is 1.60. The molecule has 3 rings (SSSR count). The van der Waals surface area contributed by atoms with Gasteiger partial charge >= 0.3 is 5.69 Å². The topological polar surface area (TPSA) is 65.3 Å². The minimum absolute atomic E-state index is 0.0690. The summed E-state index contributed by atoms with van der Waals surface area (Å²) in [5.74, 6) is 0.499. The number of rotatable bonds is 2. The monoisotopic (exact) mass is 261 g/mol. The van der Waals surface area contributed by atoms with Crippen LogP contribution in [-0.4, -0.2) is 29.3 Å². The Morgan fingerprint density at radius 3 is 2.63 bits per heavy atom. The van der Waals surface area contributed by atoms with E-state index in [2.05, 4.69) is 5.32 Å². The number of aryl methyl sites for hydroxylation is 1. The van der Waals surface area contributed by atoms with E-state index >= 15 is 0 Å². The van der Waals surface area contributed by atoms with Gasteiger partial charge in [-0.1, -0.05) is 6.07 Å². The Labute approximate surface area is 109 Å². The summed E-state index contributed by atoms with van der Waals surface area (Å²) in [6, 6.07) is 5.19. The van der Waals surface area contributed by atoms with Gasteiger partial charge in [-0.2, -0.15) is 0 Å². The van der Waals surface area contributed by atoms with Crippen LogP contribution in [0.4, 0.5) is 0 Å². The molecule has 0 unspecified atom stereocenters. The van der Waals surface area contributed by atoms with E-state index in [4.69, 9.17) is 4.74 Å². The predicted octanol–water partition coefficient (Wildman–Crippen LogP) is -0.147. The normalized spacial score (nSPS) is 15.5. The average molecular weight is 261 g/mol. The SMILES string of the molecule is COc1cccc2c1c(=O)n(C1CNC1)c(=O)n2C. The molecule has 1 N–H and O–H groups in total. The molecule has 1 aliphatic heterocycles. The van der Waals surface area contributed by atoms with Crippen molar-refractivity contribution in [2.75, 3.05) is 20.2 Å². The van der Waals surface area contributed by atoms with Crippen LogP contribution in [0.25, 0.3) is 10.9 Å². The minimum Gasteiger partial charge on any atom is -0.496 e. The smallest absolute Gasteiger partial charge is 0.331 e. The van der Waals surface area contributed by atoms with Crippen LogP contribution in [0.2, 0.25) is 0 Å². The van der Waals surface area contributed by atoms with Crippen LogP contribution >= 0.6 is 0 Å². The quantitative estimate of drug-likeness (QED) is 0.816. The molecule has 1 aliphatic rings. The molecule has 2 aromatic rings. The molecule has 100 valence electrons. The van der Waals surface area contributed by atoms with Crippen molar-refractivity contribution < 1.29 is 4.74 Å². The molecule has 0 atom stereocenters. The van der Waals surface area contributed by atoms with Gasteiger partial charge in [0.2, 0.25) is 0 Å². The van der Waals surface area contributed by atoms with Gasteiger partial charge in [0.05, 0.1) is 18.7 Å². The maximum absolute atomic E-state index is 12.6. The summed E-state index contributed by atoms with van der Waals surface area (Å²) in [5.41, 5.74) is 0.0391. The largest absolute Gasteiger partial charge is 0.496 e. The molecule has 1 aromatic heterocycles. The first-order valence-corrected chi connectivity index (χ1v) is 6.14. The van der Waals surface area contributed by atoms with Gasteiger partial charge in [-0.25, -0.2) is 4.79 Å². The van der Waals surface area contributed by atoms with E-state index in [-0.39, 0.29) is 17.3 Å². The van der Waals surface area contributed by atoms with Crippen molar-refractivity contribution in [2.24, 2.45) is 7.05 Å². The first kappa shape index (κ1) is 12.0. The molecule has 1 aromatic carbocycles. The molecule has 2 heterocycles. The maximum atomic E-state index is 12.6. The summed E-state index contributed by atoms with van der Waals surface area (Å²) in [4.78, 5) is 24.9. The van der Waals surface area contributed by atoms with Gasteiger partial charge in [0.25, 0.3) is 5.56 Å². The summed E-state index contributed by atoms with van der Waals surface area (Å²) in [5, 5.41) is 3.53. The van der Waals surface area contributed by atoms with E-state index < -0.39 is 0 Å². The summed E-state index contributed by atoms with van der Waals surface area (Å²) in [7, 11) is 3.20. The second kappa shape index (κ2) is 4.24. The van der Waals surface area contributed by atoms with Crippen LogP contribution in [0, 0.1) is 0 Å². The van der Waals surface area contributed by atoms with E-state index in [0.717, 1.165) is 0 Å². The lowest BCUT2D eigenvalue weighted by atomic mass is 10.1. The zero-order chi connectivity index (χ0) is 13.6. The molecule has 0 saturated carbocycles. The van der Waals surface area contributed by atoms with Crippen molar-refractivity contribution in [1.82, 2.24) is 14.5 Å². The van der Waals surface area contributed by atoms with E-state index in [1.54, 1.807) is 25.2 Å². The van der Waals surface area contributed by atoms with Gasteiger partial charge in [0.15, 0.2) is 0 Å². The highest BCUT2D eigenvalue weighted by atomic mass is 16.5. The van der Waals surface area contributed by atoms with Crippen molar-refractivity contribution in [3.8, 4) is 5.75 Å². The van der Waals surface area contributed by atoms with Crippen molar-refractivity contribution in [1.29, 1.82) is 0 Å². The lowest BCUT2D eigenvalue weighted by Crippen LogP contribution is -2.53. The maximum Gasteiger partial charge on any atom is 0.331 e. The Kier molecular flexibility index (Phi) is 2.67. The number of hydrogen-bond acceptors (Lipinski definition) is 4. The highest BCUT2D eigenvalue weighted by molar-refractivity contribution is 5.84. The zero-order valence-electron chi connectivity index (χ0n) is 10.8. The Morgan fingerprint density at radius 1 is 1.32 bits per heavy atom. The summed E-state index contributed by atoms with van der Waals surface area (Å²) in [6.07, 6.45) is 0. The molecule has 0 spiro atoms. The lowest BCUT2D eigenvalue weighted by molar-refractivity contribution is 0.322. The molecule has 6 heteroatoms. The lowest BCUT2D eigenvalue weighted by Gasteiger charge is -2.29. The molecule has 0 radical (unpaired) electrons. The van der Waals surface area contributed by atoms with Gasteiger partial charge < -0.3 is 10.1 Å². The van der Waals surface area contributed by atoms with Gasteiger partial charge in [-0.05, 0) is 12.1 Å². The molecule has 1 fully saturated rings. The fourth-order valence-corrected chi connectivity index (χ4v) is 2.43. The third-order valence-electron chi connectivity index (χ3n) is 3.64. The Balaban J connectivity index is 2.46. The van der Waals surface area contributed by atoms with Gasteiger partial charge in [-0.3, -0.25) is 13.9 Å². The van der Waals surface area contributed by atoms with Crippen LogP contribution in [0.5, 0.6) is 5.75 Å². The summed E-state index contributed by atoms with van der Waals surface area (Å²) in [6.45, 7) is 1.30. The van der Waals surface area contributed by atoms with Gasteiger partial charge in [-0.15, -0.1) is 0 Å². The third-order valence-corrected chi connectivity index (χ3v) is 3.64. The predicted molar refractivity (Wildman–Crippen MR) is 71.9 cm³/mol. The zero-order valence-corrected chi connectivity index (χ0v) is 10.8.